The summed E-state index contributed by atoms with van der Waals surface area (Å²) in [5.74, 6) is 1.79. The largest absolute Gasteiger partial charge is 0.340 e. The van der Waals surface area contributed by atoms with Crippen LogP contribution in [-0.2, 0) is 19.9 Å². The highest BCUT2D eigenvalue weighted by atomic mass is 15.3. The predicted molar refractivity (Wildman–Crippen MR) is 71.3 cm³/mol. The second-order valence-corrected chi connectivity index (χ2v) is 5.32. The number of hydrogen-bond acceptors (Lipinski definition) is 2. The van der Waals surface area contributed by atoms with Gasteiger partial charge in [-0.1, -0.05) is 13.3 Å². The summed E-state index contributed by atoms with van der Waals surface area (Å²) in [6.07, 6.45) is 4.80. The molecule has 4 heteroatoms. The third-order valence-electron chi connectivity index (χ3n) is 3.97. The molecule has 0 saturated heterocycles. The molecule has 0 bridgehead atoms. The summed E-state index contributed by atoms with van der Waals surface area (Å²) in [7, 11) is 1.97. The van der Waals surface area contributed by atoms with E-state index in [-0.39, 0.29) is 0 Å². The molecule has 1 N–H and O–H groups in total. The van der Waals surface area contributed by atoms with Crippen LogP contribution in [0.5, 0.6) is 0 Å². The zero-order chi connectivity index (χ0) is 12.7. The van der Waals surface area contributed by atoms with Crippen LogP contribution in [0.25, 0.3) is 11.5 Å². The molecule has 3 rings (SSSR count). The summed E-state index contributed by atoms with van der Waals surface area (Å²) in [5.41, 5.74) is 4.71. The maximum absolute atomic E-state index is 4.75. The maximum atomic E-state index is 4.75. The van der Waals surface area contributed by atoms with Crippen LogP contribution in [0.1, 0.15) is 36.8 Å². The van der Waals surface area contributed by atoms with E-state index >= 15 is 0 Å². The minimum Gasteiger partial charge on any atom is -0.340 e. The Hall–Kier alpha value is -1.58. The van der Waals surface area contributed by atoms with Crippen molar-refractivity contribution < 1.29 is 0 Å². The first-order valence-electron chi connectivity index (χ1n) is 6.76. The number of aromatic nitrogens is 4. The fraction of sp³-hybridized carbons (Fsp3) is 0.571. The highest BCUT2D eigenvalue weighted by Gasteiger charge is 2.22. The summed E-state index contributed by atoms with van der Waals surface area (Å²) < 4.78 is 1.90. The summed E-state index contributed by atoms with van der Waals surface area (Å²) in [4.78, 5) is 8.24. The van der Waals surface area contributed by atoms with Crippen molar-refractivity contribution in [1.82, 2.24) is 19.7 Å². The molecular weight excluding hydrogens is 224 g/mol. The van der Waals surface area contributed by atoms with Gasteiger partial charge in [0.05, 0.1) is 11.4 Å². The fourth-order valence-corrected chi connectivity index (χ4v) is 2.85. The van der Waals surface area contributed by atoms with Crippen LogP contribution < -0.4 is 0 Å². The fourth-order valence-electron chi connectivity index (χ4n) is 2.85. The average molecular weight is 244 g/mol. The third kappa shape index (κ3) is 1.85. The molecule has 4 nitrogen and oxygen atoms in total. The number of nitrogens with zero attached hydrogens (tertiary/aromatic N) is 3. The Balaban J connectivity index is 1.96. The molecule has 0 spiro atoms. The minimum absolute atomic E-state index is 0.819. The van der Waals surface area contributed by atoms with Crippen LogP contribution in [0.15, 0.2) is 6.07 Å². The van der Waals surface area contributed by atoms with Crippen molar-refractivity contribution in [3.8, 4) is 11.5 Å². The van der Waals surface area contributed by atoms with Crippen LogP contribution in [0.4, 0.5) is 0 Å². The van der Waals surface area contributed by atoms with Gasteiger partial charge in [-0.25, -0.2) is 4.98 Å². The van der Waals surface area contributed by atoms with E-state index in [9.17, 15) is 0 Å². The number of H-pyrrole nitrogens is 1. The van der Waals surface area contributed by atoms with Gasteiger partial charge in [0.15, 0.2) is 5.82 Å². The number of aryl methyl sites for hydroxylation is 3. The second kappa shape index (κ2) is 4.26. The standard InChI is InChI=1S/C14H20N4/c1-4-10-5-6-11-12(8-10)16-14(15-11)13-7-9(2)17-18(13)3/h7,10H,4-6,8H2,1-3H3,(H,15,16). The van der Waals surface area contributed by atoms with Gasteiger partial charge in [-0.15, -0.1) is 0 Å². The van der Waals surface area contributed by atoms with E-state index in [0.717, 1.165) is 36.0 Å². The van der Waals surface area contributed by atoms with Crippen molar-refractivity contribution in [3.63, 3.8) is 0 Å². The zero-order valence-corrected chi connectivity index (χ0v) is 11.3. The Morgan fingerprint density at radius 1 is 1.50 bits per heavy atom. The lowest BCUT2D eigenvalue weighted by molar-refractivity contribution is 0.438. The molecule has 96 valence electrons. The molecule has 0 saturated carbocycles. The van der Waals surface area contributed by atoms with Gasteiger partial charge in [0, 0.05) is 12.7 Å². The Bertz CT molecular complexity index is 564. The smallest absolute Gasteiger partial charge is 0.156 e. The van der Waals surface area contributed by atoms with Gasteiger partial charge in [-0.2, -0.15) is 5.10 Å². The van der Waals surface area contributed by atoms with E-state index in [1.807, 2.05) is 18.7 Å². The minimum atomic E-state index is 0.819. The van der Waals surface area contributed by atoms with Crippen molar-refractivity contribution in [2.45, 2.75) is 39.5 Å². The Morgan fingerprint density at radius 3 is 3.00 bits per heavy atom. The third-order valence-corrected chi connectivity index (χ3v) is 3.97. The molecule has 1 aliphatic carbocycles. The van der Waals surface area contributed by atoms with Gasteiger partial charge in [0.2, 0.25) is 0 Å². The zero-order valence-electron chi connectivity index (χ0n) is 11.3. The van der Waals surface area contributed by atoms with Crippen molar-refractivity contribution in [3.05, 3.63) is 23.1 Å². The Kier molecular flexibility index (Phi) is 2.73. The molecule has 1 aliphatic rings. The summed E-state index contributed by atoms with van der Waals surface area (Å²) in [6.45, 7) is 4.29. The van der Waals surface area contributed by atoms with Crippen molar-refractivity contribution in [2.24, 2.45) is 13.0 Å². The molecule has 0 aliphatic heterocycles. The van der Waals surface area contributed by atoms with Crippen molar-refractivity contribution in [2.75, 3.05) is 0 Å². The Labute approximate surface area is 107 Å². The van der Waals surface area contributed by atoms with Crippen LogP contribution in [0.3, 0.4) is 0 Å². The molecule has 0 amide bonds. The van der Waals surface area contributed by atoms with Crippen molar-refractivity contribution >= 4 is 0 Å². The SMILES string of the molecule is CCC1CCc2nc(-c3cc(C)nn3C)[nH]c2C1. The van der Waals surface area contributed by atoms with E-state index in [4.69, 9.17) is 4.98 Å². The topological polar surface area (TPSA) is 46.5 Å². The normalized spacial score (nSPS) is 18.9. The molecule has 1 unspecified atom stereocenters. The van der Waals surface area contributed by atoms with Gasteiger partial charge < -0.3 is 4.98 Å². The molecule has 0 radical (unpaired) electrons. The lowest BCUT2D eigenvalue weighted by Gasteiger charge is -2.18. The summed E-state index contributed by atoms with van der Waals surface area (Å²) in [6, 6.07) is 2.08. The predicted octanol–water partition coefficient (Wildman–Crippen LogP) is 2.63. The molecule has 2 aromatic heterocycles. The molecule has 2 aromatic rings. The van der Waals surface area contributed by atoms with Gasteiger partial charge >= 0.3 is 0 Å². The maximum Gasteiger partial charge on any atom is 0.156 e. The first-order valence-corrected chi connectivity index (χ1v) is 6.76. The molecule has 1 atom stereocenters. The van der Waals surface area contributed by atoms with Gasteiger partial charge in [-0.3, -0.25) is 4.68 Å². The monoisotopic (exact) mass is 244 g/mol. The highest BCUT2D eigenvalue weighted by Crippen LogP contribution is 2.28. The van der Waals surface area contributed by atoms with E-state index in [0.29, 0.717) is 0 Å². The lowest BCUT2D eigenvalue weighted by Crippen LogP contribution is -2.12. The van der Waals surface area contributed by atoms with Gasteiger partial charge in [0.1, 0.15) is 5.69 Å². The lowest BCUT2D eigenvalue weighted by atomic mass is 9.88. The number of imidazole rings is 1. The average Bonchev–Trinajstić information content (AvgIpc) is 2.90. The second-order valence-electron chi connectivity index (χ2n) is 5.32. The summed E-state index contributed by atoms with van der Waals surface area (Å²) in [5, 5.41) is 4.38. The van der Waals surface area contributed by atoms with E-state index < -0.39 is 0 Å². The van der Waals surface area contributed by atoms with Crippen LogP contribution in [0, 0.1) is 12.8 Å². The Morgan fingerprint density at radius 2 is 2.33 bits per heavy atom. The number of fused-ring (bicyclic) bond motifs is 1. The van der Waals surface area contributed by atoms with E-state index in [1.54, 1.807) is 0 Å². The van der Waals surface area contributed by atoms with Crippen LogP contribution >= 0.6 is 0 Å². The van der Waals surface area contributed by atoms with Gasteiger partial charge in [-0.05, 0) is 38.2 Å². The molecule has 0 aromatic carbocycles. The summed E-state index contributed by atoms with van der Waals surface area (Å²) >= 11 is 0. The van der Waals surface area contributed by atoms with Crippen LogP contribution in [-0.4, -0.2) is 19.7 Å². The van der Waals surface area contributed by atoms with E-state index in [1.165, 1.54) is 24.2 Å². The highest BCUT2D eigenvalue weighted by molar-refractivity contribution is 5.52. The number of rotatable bonds is 2. The number of hydrogen-bond donors (Lipinski definition) is 1. The molecule has 0 fully saturated rings. The van der Waals surface area contributed by atoms with Crippen molar-refractivity contribution in [1.29, 1.82) is 0 Å². The van der Waals surface area contributed by atoms with Crippen LogP contribution in [0.2, 0.25) is 0 Å². The molecule has 18 heavy (non-hydrogen) atoms. The van der Waals surface area contributed by atoms with Gasteiger partial charge in [0.25, 0.3) is 0 Å². The molecular formula is C14H20N4. The quantitative estimate of drug-likeness (QED) is 0.882. The number of nitrogens with one attached hydrogen (secondary N) is 1. The van der Waals surface area contributed by atoms with E-state index in [2.05, 4.69) is 23.1 Å². The molecule has 2 heterocycles. The first-order chi connectivity index (χ1) is 8.67. The number of aromatic amines is 1. The first kappa shape index (κ1) is 11.5.